The van der Waals surface area contributed by atoms with Crippen molar-refractivity contribution in [2.24, 2.45) is 0 Å². The molecule has 0 amide bonds. The number of rotatable bonds is 4. The number of quaternary nitrogens is 1. The van der Waals surface area contributed by atoms with E-state index in [-0.39, 0.29) is 35.4 Å². The average molecular weight is 305 g/mol. The summed E-state index contributed by atoms with van der Waals surface area (Å²) >= 11 is 0. The van der Waals surface area contributed by atoms with Gasteiger partial charge in [0.1, 0.15) is 12.0 Å². The molecule has 5 heteroatoms. The highest BCUT2D eigenvalue weighted by atomic mass is 16.6. The summed E-state index contributed by atoms with van der Waals surface area (Å²) in [4.78, 5) is 12.4. The molecule has 2 saturated heterocycles. The van der Waals surface area contributed by atoms with E-state index in [4.69, 9.17) is 4.74 Å². The minimum Gasteiger partial charge on any atom is -0.633 e. The quantitative estimate of drug-likeness (QED) is 0.524. The maximum absolute atomic E-state index is 12.4. The van der Waals surface area contributed by atoms with Gasteiger partial charge in [-0.15, -0.1) is 0 Å². The highest BCUT2D eigenvalue weighted by Gasteiger charge is 2.48. The van der Waals surface area contributed by atoms with E-state index in [0.717, 1.165) is 18.4 Å². The van der Waals surface area contributed by atoms with Crippen LogP contribution >= 0.6 is 0 Å². The van der Waals surface area contributed by atoms with Crippen molar-refractivity contribution in [2.45, 2.75) is 49.8 Å². The van der Waals surface area contributed by atoms with Crippen molar-refractivity contribution in [3.05, 3.63) is 41.1 Å². The summed E-state index contributed by atoms with van der Waals surface area (Å²) in [5, 5.41) is 22.0. The predicted octanol–water partition coefficient (Wildman–Crippen LogP) is 1.94. The third-order valence-corrected chi connectivity index (χ3v) is 5.30. The van der Waals surface area contributed by atoms with E-state index in [2.05, 4.69) is 0 Å². The van der Waals surface area contributed by atoms with Crippen molar-refractivity contribution < 1.29 is 19.3 Å². The van der Waals surface area contributed by atoms with Crippen molar-refractivity contribution >= 4 is 5.97 Å². The molecule has 120 valence electrons. The van der Waals surface area contributed by atoms with Crippen LogP contribution in [0.3, 0.4) is 0 Å². The Morgan fingerprint density at radius 1 is 1.32 bits per heavy atom. The minimum absolute atomic E-state index is 0.0425. The molecule has 1 aromatic carbocycles. The van der Waals surface area contributed by atoms with Gasteiger partial charge in [0, 0.05) is 25.7 Å². The maximum atomic E-state index is 12.4. The van der Waals surface area contributed by atoms with Gasteiger partial charge in [-0.25, -0.2) is 0 Å². The first-order valence-corrected chi connectivity index (χ1v) is 7.95. The lowest BCUT2D eigenvalue weighted by Gasteiger charge is -2.50. The van der Waals surface area contributed by atoms with E-state index in [1.54, 1.807) is 7.05 Å². The number of hydrogen-bond acceptors (Lipinski definition) is 4. The van der Waals surface area contributed by atoms with E-state index in [0.29, 0.717) is 12.8 Å². The second kappa shape index (κ2) is 5.99. The number of aliphatic hydroxyl groups is 1. The Hall–Kier alpha value is -1.43. The molecule has 1 N–H and O–H groups in total. The summed E-state index contributed by atoms with van der Waals surface area (Å²) < 4.78 is 5.44. The van der Waals surface area contributed by atoms with Crippen LogP contribution in [0.15, 0.2) is 30.3 Å². The van der Waals surface area contributed by atoms with Crippen LogP contribution in [0.4, 0.5) is 0 Å². The highest BCUT2D eigenvalue weighted by Crippen LogP contribution is 2.41. The van der Waals surface area contributed by atoms with Gasteiger partial charge in [-0.1, -0.05) is 30.3 Å². The fourth-order valence-corrected chi connectivity index (χ4v) is 3.90. The summed E-state index contributed by atoms with van der Waals surface area (Å²) in [6.07, 6.45) is 2.91. The lowest BCUT2D eigenvalue weighted by atomic mass is 9.98. The fourth-order valence-electron chi connectivity index (χ4n) is 3.90. The lowest BCUT2D eigenvalue weighted by molar-refractivity contribution is -0.903. The van der Waals surface area contributed by atoms with Crippen LogP contribution in [0.2, 0.25) is 0 Å². The average Bonchev–Trinajstić information content (AvgIpc) is 2.68. The van der Waals surface area contributed by atoms with Gasteiger partial charge in [0.15, 0.2) is 0 Å². The van der Waals surface area contributed by atoms with Gasteiger partial charge in [-0.3, -0.25) is 4.79 Å². The lowest BCUT2D eigenvalue weighted by Crippen LogP contribution is -2.55. The Labute approximate surface area is 130 Å². The van der Waals surface area contributed by atoms with Crippen LogP contribution in [0.25, 0.3) is 0 Å². The smallest absolute Gasteiger partial charge is 0.316 e. The monoisotopic (exact) mass is 305 g/mol. The standard InChI is InChI=1S/C17H23NO4/c1-18(21)13-7-8-14(18)10-15(9-13)22-17(20)16(11-19)12-5-3-2-4-6-12/h2-6,13-16,19H,7-11H2,1H3/t13-,14-,15?,16+,18?/m1/s1. The number of hydrogen-bond donors (Lipinski definition) is 1. The molecule has 2 heterocycles. The number of esters is 1. The molecule has 0 unspecified atom stereocenters. The molecule has 22 heavy (non-hydrogen) atoms. The van der Waals surface area contributed by atoms with Crippen LogP contribution in [0, 0.1) is 5.21 Å². The van der Waals surface area contributed by atoms with Gasteiger partial charge in [-0.05, 0) is 5.56 Å². The summed E-state index contributed by atoms with van der Waals surface area (Å²) in [7, 11) is 1.74. The molecule has 2 aliphatic rings. The number of fused-ring (bicyclic) bond motifs is 2. The highest BCUT2D eigenvalue weighted by molar-refractivity contribution is 5.78. The van der Waals surface area contributed by atoms with Crippen LogP contribution in [0.5, 0.6) is 0 Å². The third kappa shape index (κ3) is 2.76. The third-order valence-electron chi connectivity index (χ3n) is 5.30. The molecule has 3 rings (SSSR count). The Morgan fingerprint density at radius 2 is 1.91 bits per heavy atom. The Balaban J connectivity index is 1.65. The molecule has 0 radical (unpaired) electrons. The molecular weight excluding hydrogens is 282 g/mol. The molecule has 2 fully saturated rings. The summed E-state index contributed by atoms with van der Waals surface area (Å²) in [5.41, 5.74) is 0.762. The van der Waals surface area contributed by atoms with Gasteiger partial charge < -0.3 is 19.7 Å². The molecule has 3 atom stereocenters. The Bertz CT molecular complexity index is 515. The molecule has 1 aromatic rings. The van der Waals surface area contributed by atoms with Crippen LogP contribution < -0.4 is 0 Å². The number of nitrogens with zero attached hydrogens (tertiary/aromatic N) is 1. The summed E-state index contributed by atoms with van der Waals surface area (Å²) in [6, 6.07) is 9.27. The number of ether oxygens (including phenoxy) is 1. The Morgan fingerprint density at radius 3 is 2.45 bits per heavy atom. The molecule has 0 saturated carbocycles. The molecule has 0 spiro atoms. The van der Waals surface area contributed by atoms with E-state index in [1.807, 2.05) is 30.3 Å². The maximum Gasteiger partial charge on any atom is 0.316 e. The number of carbonyl (C=O) groups is 1. The molecule has 0 aliphatic carbocycles. The number of piperidine rings is 1. The van der Waals surface area contributed by atoms with Crippen LogP contribution in [-0.2, 0) is 9.53 Å². The van der Waals surface area contributed by atoms with Gasteiger partial charge in [0.05, 0.1) is 25.7 Å². The van der Waals surface area contributed by atoms with E-state index in [1.165, 1.54) is 0 Å². The minimum atomic E-state index is -0.645. The second-order valence-electron chi connectivity index (χ2n) is 6.62. The van der Waals surface area contributed by atoms with Crippen molar-refractivity contribution in [2.75, 3.05) is 13.7 Å². The number of hydroxylamine groups is 3. The zero-order valence-corrected chi connectivity index (χ0v) is 12.9. The van der Waals surface area contributed by atoms with Crippen LogP contribution in [-0.4, -0.2) is 47.6 Å². The largest absolute Gasteiger partial charge is 0.633 e. The van der Waals surface area contributed by atoms with Gasteiger partial charge in [0.25, 0.3) is 0 Å². The predicted molar refractivity (Wildman–Crippen MR) is 81.7 cm³/mol. The number of benzene rings is 1. The first kappa shape index (κ1) is 15.5. The number of carbonyl (C=O) groups excluding carboxylic acids is 1. The molecule has 0 aromatic heterocycles. The Kier molecular flexibility index (Phi) is 4.21. The first-order valence-electron chi connectivity index (χ1n) is 7.95. The topological polar surface area (TPSA) is 69.6 Å². The SMILES string of the molecule is C[N+]1([O-])[C@@H]2CC[C@@H]1CC(OC(=O)[C@@H](CO)c1ccccc1)C2. The van der Waals surface area contributed by atoms with E-state index in [9.17, 15) is 15.1 Å². The van der Waals surface area contributed by atoms with Crippen LogP contribution in [0.1, 0.15) is 37.2 Å². The summed E-state index contributed by atoms with van der Waals surface area (Å²) in [5.74, 6) is -1.03. The van der Waals surface area contributed by atoms with E-state index < -0.39 is 5.92 Å². The number of aliphatic hydroxyl groups excluding tert-OH is 1. The molecular formula is C17H23NO4. The molecule has 5 nitrogen and oxygen atoms in total. The van der Waals surface area contributed by atoms with Crippen molar-refractivity contribution in [1.82, 2.24) is 0 Å². The molecule has 2 aliphatic heterocycles. The zero-order valence-electron chi connectivity index (χ0n) is 12.9. The fraction of sp³-hybridized carbons (Fsp3) is 0.588. The molecule has 2 bridgehead atoms. The first-order chi connectivity index (χ1) is 10.5. The van der Waals surface area contributed by atoms with Crippen molar-refractivity contribution in [3.63, 3.8) is 0 Å². The van der Waals surface area contributed by atoms with Gasteiger partial charge in [-0.2, -0.15) is 0 Å². The van der Waals surface area contributed by atoms with Gasteiger partial charge in [0.2, 0.25) is 0 Å². The summed E-state index contributed by atoms with van der Waals surface area (Å²) in [6.45, 7) is -0.266. The van der Waals surface area contributed by atoms with Crippen molar-refractivity contribution in [3.8, 4) is 0 Å². The van der Waals surface area contributed by atoms with E-state index >= 15 is 0 Å². The normalized spacial score (nSPS) is 35.1. The van der Waals surface area contributed by atoms with Crippen molar-refractivity contribution in [1.29, 1.82) is 0 Å². The second-order valence-corrected chi connectivity index (χ2v) is 6.62. The van der Waals surface area contributed by atoms with Gasteiger partial charge >= 0.3 is 5.97 Å². The zero-order chi connectivity index (χ0) is 15.7.